The summed E-state index contributed by atoms with van der Waals surface area (Å²) < 4.78 is 0. The number of ketones is 3. The second kappa shape index (κ2) is 30.3. The van der Waals surface area contributed by atoms with Crippen molar-refractivity contribution in [1.29, 1.82) is 0 Å². The number of carboxylic acids is 4. The number of amides is 1. The van der Waals surface area contributed by atoms with Gasteiger partial charge in [0, 0.05) is 37.7 Å². The molecule has 1 amide bonds. The lowest BCUT2D eigenvalue weighted by atomic mass is 9.90. The van der Waals surface area contributed by atoms with Crippen LogP contribution in [-0.2, 0) is 38.4 Å². The maximum Gasteiger partial charge on any atom is 0.326 e. The van der Waals surface area contributed by atoms with Crippen molar-refractivity contribution in [2.45, 2.75) is 167 Å². The van der Waals surface area contributed by atoms with Gasteiger partial charge in [-0.25, -0.2) is 4.79 Å². The van der Waals surface area contributed by atoms with Crippen LogP contribution in [0.4, 0.5) is 0 Å². The standard InChI is InChI=1S/C40H63NO12/c1-29(42)21-22-31(38(48)49)23-24-32(43)25-27-34(40(52)53)41-36(45)28-26-33(39(50)51)30(2)35(44)19-17-15-13-11-9-7-5-3-4-6-8-10-12-14-16-18-20-37(46)47/h23-24,31,33-34H,2-22,25-28H2,1H3,(H,41,45)(H,46,47)(H,48,49)(H,50,51)(H,52,53)/b24-23+/t31?,33-,34?/m0/s1. The van der Waals surface area contributed by atoms with E-state index in [4.69, 9.17) is 5.11 Å². The van der Waals surface area contributed by atoms with Crippen LogP contribution in [0, 0.1) is 11.8 Å². The average molecular weight is 750 g/mol. The van der Waals surface area contributed by atoms with Gasteiger partial charge in [-0.15, -0.1) is 0 Å². The lowest BCUT2D eigenvalue weighted by molar-refractivity contribution is -0.143. The molecule has 0 radical (unpaired) electrons. The van der Waals surface area contributed by atoms with Crippen molar-refractivity contribution in [1.82, 2.24) is 5.32 Å². The van der Waals surface area contributed by atoms with E-state index in [1.807, 2.05) is 0 Å². The van der Waals surface area contributed by atoms with E-state index in [1.54, 1.807) is 0 Å². The monoisotopic (exact) mass is 749 g/mol. The molecule has 0 fully saturated rings. The van der Waals surface area contributed by atoms with Gasteiger partial charge >= 0.3 is 23.9 Å². The third kappa shape index (κ3) is 27.2. The maximum absolute atomic E-state index is 12.7. The number of aliphatic carboxylic acids is 4. The van der Waals surface area contributed by atoms with Gasteiger partial charge in [-0.2, -0.15) is 0 Å². The summed E-state index contributed by atoms with van der Waals surface area (Å²) >= 11 is 0. The molecule has 0 aromatic carbocycles. The van der Waals surface area contributed by atoms with Crippen molar-refractivity contribution < 1.29 is 58.8 Å². The van der Waals surface area contributed by atoms with Gasteiger partial charge in [0.25, 0.3) is 0 Å². The molecule has 0 aromatic heterocycles. The van der Waals surface area contributed by atoms with Crippen molar-refractivity contribution in [3.63, 3.8) is 0 Å². The zero-order chi connectivity index (χ0) is 40.0. The predicted octanol–water partition coefficient (Wildman–Crippen LogP) is 7.24. The van der Waals surface area contributed by atoms with Crippen molar-refractivity contribution in [3.8, 4) is 0 Å². The number of nitrogens with one attached hydrogen (secondary N) is 1. The SMILES string of the molecule is C=C(C(=O)CCCCCCCCCCCCCCCCCCC(=O)O)[C@H](CCC(=O)NC(CCC(=O)/C=C/C(CCC(C)=O)C(=O)O)C(=O)O)C(=O)O. The fourth-order valence-electron chi connectivity index (χ4n) is 5.89. The Bertz CT molecular complexity index is 1220. The Labute approximate surface area is 314 Å². The fraction of sp³-hybridized carbons (Fsp3) is 0.700. The molecule has 0 bridgehead atoms. The topological polar surface area (TPSA) is 230 Å². The van der Waals surface area contributed by atoms with Crippen LogP contribution in [0.2, 0.25) is 0 Å². The summed E-state index contributed by atoms with van der Waals surface area (Å²) in [4.78, 5) is 94.0. The number of rotatable bonds is 36. The highest BCUT2D eigenvalue weighted by Gasteiger charge is 2.27. The summed E-state index contributed by atoms with van der Waals surface area (Å²) in [6.07, 6.45) is 18.6. The molecule has 0 saturated heterocycles. The van der Waals surface area contributed by atoms with E-state index in [-0.39, 0.29) is 68.5 Å². The number of carboxylic acid groups (broad SMARTS) is 4. The normalized spacial score (nSPS) is 12.8. The number of hydrogen-bond acceptors (Lipinski definition) is 8. The molecule has 3 atom stereocenters. The molecule has 13 heteroatoms. The highest BCUT2D eigenvalue weighted by Crippen LogP contribution is 2.21. The van der Waals surface area contributed by atoms with Crippen LogP contribution in [0.1, 0.15) is 161 Å². The minimum atomic E-state index is -1.45. The van der Waals surface area contributed by atoms with E-state index in [0.29, 0.717) is 6.42 Å². The Balaban J connectivity index is 4.32. The van der Waals surface area contributed by atoms with Gasteiger partial charge in [-0.1, -0.05) is 103 Å². The molecule has 13 nitrogen and oxygen atoms in total. The quantitative estimate of drug-likeness (QED) is 0.0315. The van der Waals surface area contributed by atoms with Crippen molar-refractivity contribution >= 4 is 47.1 Å². The summed E-state index contributed by atoms with van der Waals surface area (Å²) in [7, 11) is 0. The number of unbranched alkanes of at least 4 members (excludes halogenated alkanes) is 15. The minimum Gasteiger partial charge on any atom is -0.481 e. The van der Waals surface area contributed by atoms with Crippen LogP contribution in [0.5, 0.6) is 0 Å². The average Bonchev–Trinajstić information content (AvgIpc) is 3.08. The highest BCUT2D eigenvalue weighted by atomic mass is 16.4. The second-order valence-electron chi connectivity index (χ2n) is 13.9. The molecule has 53 heavy (non-hydrogen) atoms. The van der Waals surface area contributed by atoms with Crippen LogP contribution in [0.15, 0.2) is 24.3 Å². The van der Waals surface area contributed by atoms with Gasteiger partial charge in [0.2, 0.25) is 5.91 Å². The van der Waals surface area contributed by atoms with Gasteiger partial charge in [0.05, 0.1) is 11.8 Å². The molecule has 0 heterocycles. The van der Waals surface area contributed by atoms with Crippen molar-refractivity contribution in [3.05, 3.63) is 24.3 Å². The van der Waals surface area contributed by atoms with Crippen LogP contribution in [0.25, 0.3) is 0 Å². The summed E-state index contributed by atoms with van der Waals surface area (Å²) in [5.41, 5.74) is -0.101. The fourth-order valence-corrected chi connectivity index (χ4v) is 5.89. The van der Waals surface area contributed by atoms with E-state index in [1.165, 1.54) is 58.3 Å². The Hall–Kier alpha value is -4.16. The third-order valence-corrected chi connectivity index (χ3v) is 9.23. The molecule has 0 rings (SSSR count). The zero-order valence-corrected chi connectivity index (χ0v) is 31.6. The van der Waals surface area contributed by atoms with Crippen molar-refractivity contribution in [2.75, 3.05) is 0 Å². The lowest BCUT2D eigenvalue weighted by Gasteiger charge is -2.17. The molecule has 0 aromatic rings. The molecule has 0 saturated carbocycles. The molecule has 300 valence electrons. The molecule has 0 aliphatic heterocycles. The first-order chi connectivity index (χ1) is 25.1. The first kappa shape index (κ1) is 48.8. The van der Waals surface area contributed by atoms with E-state index in [2.05, 4.69) is 11.9 Å². The lowest BCUT2D eigenvalue weighted by Crippen LogP contribution is -2.41. The van der Waals surface area contributed by atoms with Gasteiger partial charge < -0.3 is 30.5 Å². The van der Waals surface area contributed by atoms with E-state index >= 15 is 0 Å². The first-order valence-corrected chi connectivity index (χ1v) is 19.3. The largest absolute Gasteiger partial charge is 0.481 e. The molecule has 0 aliphatic carbocycles. The second-order valence-corrected chi connectivity index (χ2v) is 13.9. The van der Waals surface area contributed by atoms with Crippen LogP contribution >= 0.6 is 0 Å². The van der Waals surface area contributed by atoms with Crippen LogP contribution in [-0.4, -0.2) is 73.6 Å². The Kier molecular flexibility index (Phi) is 27.9. The van der Waals surface area contributed by atoms with E-state index < -0.39 is 53.4 Å². The van der Waals surface area contributed by atoms with Crippen molar-refractivity contribution in [2.24, 2.45) is 11.8 Å². The van der Waals surface area contributed by atoms with Crippen LogP contribution in [0.3, 0.4) is 0 Å². The van der Waals surface area contributed by atoms with Gasteiger partial charge in [0.1, 0.15) is 11.8 Å². The molecular weight excluding hydrogens is 686 g/mol. The maximum atomic E-state index is 12.7. The number of carbonyl (C=O) groups excluding carboxylic acids is 4. The van der Waals surface area contributed by atoms with E-state index in [0.717, 1.165) is 57.1 Å². The van der Waals surface area contributed by atoms with E-state index in [9.17, 15) is 53.7 Å². The number of carbonyl (C=O) groups is 8. The molecule has 0 spiro atoms. The zero-order valence-electron chi connectivity index (χ0n) is 31.6. The molecule has 0 aliphatic rings. The number of hydrogen-bond donors (Lipinski definition) is 5. The van der Waals surface area contributed by atoms with Gasteiger partial charge in [0.15, 0.2) is 11.6 Å². The number of allylic oxidation sites excluding steroid dienone is 1. The Morgan fingerprint density at radius 2 is 1.02 bits per heavy atom. The molecular formula is C40H63NO12. The Morgan fingerprint density at radius 3 is 1.43 bits per heavy atom. The molecule has 2 unspecified atom stereocenters. The summed E-state index contributed by atoms with van der Waals surface area (Å²) in [6, 6.07) is -1.45. The highest BCUT2D eigenvalue weighted by molar-refractivity contribution is 5.99. The smallest absolute Gasteiger partial charge is 0.326 e. The minimum absolute atomic E-state index is 0.0171. The van der Waals surface area contributed by atoms with Crippen LogP contribution < -0.4 is 5.32 Å². The third-order valence-electron chi connectivity index (χ3n) is 9.23. The summed E-state index contributed by atoms with van der Waals surface area (Å²) in [5.74, 6) is -8.89. The van der Waals surface area contributed by atoms with Gasteiger partial charge in [-0.3, -0.25) is 28.8 Å². The number of Topliss-reactive ketones (excluding diaryl/α,β-unsaturated/α-hetero) is 2. The van der Waals surface area contributed by atoms with Gasteiger partial charge in [-0.05, 0) is 45.1 Å². The molecule has 5 N–H and O–H groups in total. The first-order valence-electron chi connectivity index (χ1n) is 19.3. The summed E-state index contributed by atoms with van der Waals surface area (Å²) in [6.45, 7) is 5.00. The predicted molar refractivity (Wildman–Crippen MR) is 199 cm³/mol. The Morgan fingerprint density at radius 1 is 0.547 bits per heavy atom. The summed E-state index contributed by atoms with van der Waals surface area (Å²) in [5, 5.41) is 39.4.